The summed E-state index contributed by atoms with van der Waals surface area (Å²) in [5.41, 5.74) is -1.65. The minimum atomic E-state index is -1.96. The number of ether oxygens (including phenoxy) is 3. The van der Waals surface area contributed by atoms with Crippen molar-refractivity contribution in [3.05, 3.63) is 46.1 Å². The van der Waals surface area contributed by atoms with E-state index in [2.05, 4.69) is 0 Å². The van der Waals surface area contributed by atoms with E-state index in [1.807, 2.05) is 0 Å². The molecular weight excluding hydrogens is 580 g/mol. The molecule has 2 aliphatic heterocycles. The first-order chi connectivity index (χ1) is 20.4. The molecule has 0 aliphatic carbocycles. The second-order valence-electron chi connectivity index (χ2n) is 10.3. The van der Waals surface area contributed by atoms with Gasteiger partial charge in [0.2, 0.25) is 6.29 Å². The summed E-state index contributed by atoms with van der Waals surface area (Å²) in [6.45, 7) is -1.63. The Morgan fingerprint density at radius 2 is 1.33 bits per heavy atom. The minimum absolute atomic E-state index is 0.0776. The molecule has 3 heterocycles. The van der Waals surface area contributed by atoms with Crippen LogP contribution in [-0.2, 0) is 9.47 Å². The summed E-state index contributed by atoms with van der Waals surface area (Å²) in [4.78, 5) is 13.3. The summed E-state index contributed by atoms with van der Waals surface area (Å²) in [7, 11) is 0. The van der Waals surface area contributed by atoms with Crippen LogP contribution in [0.25, 0.3) is 22.3 Å². The minimum Gasteiger partial charge on any atom is -0.507 e. The van der Waals surface area contributed by atoms with Gasteiger partial charge in [-0.2, -0.15) is 0 Å². The summed E-state index contributed by atoms with van der Waals surface area (Å²) in [6.07, 6.45) is -17.6. The molecular formula is C27H30O16. The van der Waals surface area contributed by atoms with E-state index in [9.17, 15) is 61.0 Å². The lowest BCUT2D eigenvalue weighted by Crippen LogP contribution is -2.60. The van der Waals surface area contributed by atoms with Crippen LogP contribution in [0.3, 0.4) is 0 Å². The van der Waals surface area contributed by atoms with Gasteiger partial charge in [0.05, 0.1) is 18.8 Å². The van der Waals surface area contributed by atoms with Gasteiger partial charge in [0.15, 0.2) is 22.5 Å². The molecule has 2 fully saturated rings. The second-order valence-corrected chi connectivity index (χ2v) is 10.3. The van der Waals surface area contributed by atoms with Gasteiger partial charge < -0.3 is 74.8 Å². The number of hydrogen-bond acceptors (Lipinski definition) is 16. The zero-order chi connectivity index (χ0) is 31.3. The number of phenolic OH excluding ortho intramolecular Hbond substituents is 3. The lowest BCUT2D eigenvalue weighted by molar-refractivity contribution is -0.278. The average molecular weight is 611 g/mol. The van der Waals surface area contributed by atoms with Crippen molar-refractivity contribution in [2.24, 2.45) is 0 Å². The maximum atomic E-state index is 13.3. The van der Waals surface area contributed by atoms with Gasteiger partial charge in [0.25, 0.3) is 0 Å². The van der Waals surface area contributed by atoms with Crippen molar-refractivity contribution in [3.63, 3.8) is 0 Å². The first kappa shape index (κ1) is 30.9. The van der Waals surface area contributed by atoms with Gasteiger partial charge in [-0.3, -0.25) is 4.79 Å². The molecule has 234 valence electrons. The molecule has 3 aromatic rings. The molecule has 0 spiro atoms. The number of aliphatic hydroxyl groups excluding tert-OH is 8. The predicted octanol–water partition coefficient (Wildman–Crippen LogP) is -2.73. The molecule has 2 aliphatic rings. The Kier molecular flexibility index (Phi) is 8.52. The van der Waals surface area contributed by atoms with Crippen LogP contribution in [0, 0.1) is 0 Å². The second kappa shape index (κ2) is 11.9. The normalized spacial score (nSPS) is 33.0. The Labute approximate surface area is 241 Å². The molecule has 2 saturated heterocycles. The highest BCUT2D eigenvalue weighted by Gasteiger charge is 2.48. The number of rotatable bonds is 6. The van der Waals surface area contributed by atoms with Crippen molar-refractivity contribution < 1.29 is 74.8 Å². The third kappa shape index (κ3) is 5.38. The Morgan fingerprint density at radius 3 is 1.95 bits per heavy atom. The SMILES string of the molecule is O=c1cc(-c2ccc(O)c(O)c2)oc2c(C3OC(CO)C(O)C(O)C3O)c(OC3OC(CO)C(O)C(O)C3O)cc(O)c12. The van der Waals surface area contributed by atoms with Gasteiger partial charge in [0, 0.05) is 17.7 Å². The van der Waals surface area contributed by atoms with E-state index in [0.29, 0.717) is 0 Å². The number of aromatic hydroxyl groups is 3. The molecule has 16 nitrogen and oxygen atoms in total. The monoisotopic (exact) mass is 610 g/mol. The number of hydrogen-bond donors (Lipinski definition) is 11. The average Bonchev–Trinajstić information content (AvgIpc) is 2.98. The maximum absolute atomic E-state index is 13.3. The third-order valence-electron chi connectivity index (χ3n) is 7.51. The van der Waals surface area contributed by atoms with Gasteiger partial charge in [0.1, 0.15) is 77.6 Å². The molecule has 0 bridgehead atoms. The van der Waals surface area contributed by atoms with Crippen LogP contribution in [-0.4, -0.2) is 125 Å². The predicted molar refractivity (Wildman–Crippen MR) is 140 cm³/mol. The Bertz CT molecular complexity index is 1540. The number of aliphatic hydroxyl groups is 8. The zero-order valence-electron chi connectivity index (χ0n) is 22.0. The molecule has 2 aromatic carbocycles. The highest BCUT2D eigenvalue weighted by molar-refractivity contribution is 5.90. The summed E-state index contributed by atoms with van der Waals surface area (Å²) in [5, 5.41) is 112. The lowest BCUT2D eigenvalue weighted by Gasteiger charge is -2.42. The van der Waals surface area contributed by atoms with Crippen molar-refractivity contribution in [1.29, 1.82) is 0 Å². The zero-order valence-corrected chi connectivity index (χ0v) is 22.0. The molecule has 0 saturated carbocycles. The standard InChI is InChI=1S/C27H30O16/c28-6-15-19(34)21(36)23(38)26(41-15)18-14(42-27-24(39)22(37)20(35)16(7-29)43-27)5-12(33)17-11(32)4-13(40-25(17)18)8-1-2-9(30)10(31)3-8/h1-5,15-16,19-24,26-31,33-39H,6-7H2. The van der Waals surface area contributed by atoms with Crippen LogP contribution >= 0.6 is 0 Å². The first-order valence-electron chi connectivity index (χ1n) is 13.0. The topological polar surface area (TPSA) is 280 Å². The largest absolute Gasteiger partial charge is 0.507 e. The van der Waals surface area contributed by atoms with Crippen molar-refractivity contribution in [1.82, 2.24) is 0 Å². The number of fused-ring (bicyclic) bond motifs is 1. The first-order valence-corrected chi connectivity index (χ1v) is 13.0. The van der Waals surface area contributed by atoms with E-state index in [4.69, 9.17) is 18.6 Å². The van der Waals surface area contributed by atoms with Crippen LogP contribution in [0.15, 0.2) is 39.5 Å². The van der Waals surface area contributed by atoms with Crippen molar-refractivity contribution >= 4 is 11.0 Å². The Hall–Kier alpha value is -3.55. The molecule has 10 atom stereocenters. The Balaban J connectivity index is 1.74. The van der Waals surface area contributed by atoms with E-state index < -0.39 is 114 Å². The molecule has 10 unspecified atom stereocenters. The molecule has 0 amide bonds. The van der Waals surface area contributed by atoms with Crippen LogP contribution in [0.5, 0.6) is 23.0 Å². The van der Waals surface area contributed by atoms with E-state index >= 15 is 0 Å². The van der Waals surface area contributed by atoms with Gasteiger partial charge in [-0.1, -0.05) is 0 Å². The fraction of sp³-hybridized carbons (Fsp3) is 0.444. The molecule has 43 heavy (non-hydrogen) atoms. The van der Waals surface area contributed by atoms with Crippen molar-refractivity contribution in [2.45, 2.75) is 61.2 Å². The lowest BCUT2D eigenvalue weighted by atomic mass is 9.89. The maximum Gasteiger partial charge on any atom is 0.229 e. The van der Waals surface area contributed by atoms with Gasteiger partial charge >= 0.3 is 0 Å². The van der Waals surface area contributed by atoms with Crippen molar-refractivity contribution in [3.8, 4) is 34.3 Å². The summed E-state index contributed by atoms with van der Waals surface area (Å²) in [6, 6.07) is 5.30. The van der Waals surface area contributed by atoms with Crippen molar-refractivity contribution in [2.75, 3.05) is 13.2 Å². The van der Waals surface area contributed by atoms with E-state index in [-0.39, 0.29) is 16.9 Å². The Morgan fingerprint density at radius 1 is 0.698 bits per heavy atom. The number of benzene rings is 2. The highest BCUT2D eigenvalue weighted by atomic mass is 16.7. The fourth-order valence-corrected chi connectivity index (χ4v) is 5.13. The van der Waals surface area contributed by atoms with Gasteiger partial charge in [-0.15, -0.1) is 0 Å². The molecule has 1 aromatic heterocycles. The van der Waals surface area contributed by atoms with E-state index in [1.54, 1.807) is 0 Å². The van der Waals surface area contributed by atoms with E-state index in [0.717, 1.165) is 24.3 Å². The summed E-state index contributed by atoms with van der Waals surface area (Å²) in [5.74, 6) is -2.49. The van der Waals surface area contributed by atoms with E-state index in [1.165, 1.54) is 6.07 Å². The number of phenols is 3. The van der Waals surface area contributed by atoms with Crippen LogP contribution in [0.4, 0.5) is 0 Å². The van der Waals surface area contributed by atoms with Crippen LogP contribution in [0.2, 0.25) is 0 Å². The molecule has 5 rings (SSSR count). The molecule has 0 radical (unpaired) electrons. The highest BCUT2D eigenvalue weighted by Crippen LogP contribution is 2.45. The fourth-order valence-electron chi connectivity index (χ4n) is 5.13. The molecule has 11 N–H and O–H groups in total. The molecule has 16 heteroatoms. The summed E-state index contributed by atoms with van der Waals surface area (Å²) >= 11 is 0. The third-order valence-corrected chi connectivity index (χ3v) is 7.51. The van der Waals surface area contributed by atoms with Gasteiger partial charge in [-0.25, -0.2) is 0 Å². The summed E-state index contributed by atoms with van der Waals surface area (Å²) < 4.78 is 22.8. The quantitative estimate of drug-likeness (QED) is 0.126. The van der Waals surface area contributed by atoms with Gasteiger partial charge in [-0.05, 0) is 18.2 Å². The van der Waals surface area contributed by atoms with Crippen LogP contribution < -0.4 is 10.2 Å². The van der Waals surface area contributed by atoms with Crippen LogP contribution in [0.1, 0.15) is 11.7 Å². The smallest absolute Gasteiger partial charge is 0.229 e.